The molecule has 3 nitrogen and oxygen atoms in total. The molecule has 1 aromatic carbocycles. The molecule has 1 N–H and O–H groups in total. The van der Waals surface area contributed by atoms with Crippen LogP contribution in [0.5, 0.6) is 0 Å². The molecule has 3 heteroatoms. The van der Waals surface area contributed by atoms with E-state index < -0.39 is 0 Å². The summed E-state index contributed by atoms with van der Waals surface area (Å²) < 4.78 is 2.22. The van der Waals surface area contributed by atoms with Crippen molar-refractivity contribution in [3.8, 4) is 0 Å². The number of aromatic nitrogens is 2. The van der Waals surface area contributed by atoms with Crippen LogP contribution >= 0.6 is 0 Å². The van der Waals surface area contributed by atoms with E-state index in [0.29, 0.717) is 6.04 Å². The zero-order valence-corrected chi connectivity index (χ0v) is 11.9. The normalized spacial score (nSPS) is 12.7. The molecule has 102 valence electrons. The molecule has 3 aromatic rings. The Bertz CT molecular complexity index is 715. The fraction of sp³-hybridized carbons (Fsp3) is 0.235. The third-order valence-corrected chi connectivity index (χ3v) is 3.74. The van der Waals surface area contributed by atoms with Gasteiger partial charge in [-0.1, -0.05) is 12.1 Å². The molecule has 0 aliphatic carbocycles. The van der Waals surface area contributed by atoms with Gasteiger partial charge in [-0.25, -0.2) is 0 Å². The van der Waals surface area contributed by atoms with Gasteiger partial charge in [-0.05, 0) is 49.4 Å². The van der Waals surface area contributed by atoms with Crippen molar-refractivity contribution in [3.05, 3.63) is 66.1 Å². The van der Waals surface area contributed by atoms with Gasteiger partial charge in [0.25, 0.3) is 0 Å². The topological polar surface area (TPSA) is 29.9 Å². The van der Waals surface area contributed by atoms with Gasteiger partial charge < -0.3 is 9.88 Å². The Kier molecular flexibility index (Phi) is 3.52. The maximum atomic E-state index is 4.35. The van der Waals surface area contributed by atoms with E-state index in [4.69, 9.17) is 0 Å². The van der Waals surface area contributed by atoms with Crippen LogP contribution in [-0.4, -0.2) is 16.6 Å². The first-order valence-corrected chi connectivity index (χ1v) is 6.93. The molecular formula is C17H19N3. The summed E-state index contributed by atoms with van der Waals surface area (Å²) in [6.07, 6.45) is 6.17. The molecule has 2 heterocycles. The molecule has 0 saturated heterocycles. The van der Waals surface area contributed by atoms with Crippen LogP contribution < -0.4 is 5.32 Å². The zero-order chi connectivity index (χ0) is 13.9. The summed E-state index contributed by atoms with van der Waals surface area (Å²) in [5.74, 6) is 0. The fourth-order valence-corrected chi connectivity index (χ4v) is 2.41. The first kappa shape index (κ1) is 12.9. The number of hydrogen-bond donors (Lipinski definition) is 1. The predicted molar refractivity (Wildman–Crippen MR) is 82.8 cm³/mol. The summed E-state index contributed by atoms with van der Waals surface area (Å²) in [6, 6.07) is 13.1. The first-order valence-electron chi connectivity index (χ1n) is 6.93. The molecule has 0 fully saturated rings. The highest BCUT2D eigenvalue weighted by Crippen LogP contribution is 2.16. The SMILES string of the molecule is CNC(C)c1ccn(Cc2ccc3ncccc3c2)c1. The van der Waals surface area contributed by atoms with Gasteiger partial charge in [0.1, 0.15) is 0 Å². The minimum Gasteiger partial charge on any atom is -0.350 e. The number of fused-ring (bicyclic) bond motifs is 1. The second-order valence-electron chi connectivity index (χ2n) is 5.16. The molecule has 0 amide bonds. The van der Waals surface area contributed by atoms with Gasteiger partial charge in [0, 0.05) is 36.6 Å². The lowest BCUT2D eigenvalue weighted by Gasteiger charge is -2.08. The smallest absolute Gasteiger partial charge is 0.0702 e. The lowest BCUT2D eigenvalue weighted by Crippen LogP contribution is -2.11. The zero-order valence-electron chi connectivity index (χ0n) is 11.9. The monoisotopic (exact) mass is 265 g/mol. The minimum atomic E-state index is 0.386. The summed E-state index contributed by atoms with van der Waals surface area (Å²) >= 11 is 0. The van der Waals surface area contributed by atoms with Crippen LogP contribution in [0.15, 0.2) is 55.0 Å². The van der Waals surface area contributed by atoms with Crippen LogP contribution in [0.4, 0.5) is 0 Å². The van der Waals surface area contributed by atoms with Gasteiger partial charge in [0.05, 0.1) is 5.52 Å². The second-order valence-corrected chi connectivity index (χ2v) is 5.16. The van der Waals surface area contributed by atoms with E-state index in [2.05, 4.69) is 64.5 Å². The van der Waals surface area contributed by atoms with Crippen molar-refractivity contribution >= 4 is 10.9 Å². The molecule has 2 aromatic heterocycles. The molecule has 0 radical (unpaired) electrons. The maximum Gasteiger partial charge on any atom is 0.0702 e. The Morgan fingerprint density at radius 3 is 3.00 bits per heavy atom. The standard InChI is InChI=1S/C17H19N3/c1-13(18-2)16-7-9-20(12-16)11-14-5-6-17-15(10-14)4-3-8-19-17/h3-10,12-13,18H,11H2,1-2H3. The summed E-state index contributed by atoms with van der Waals surface area (Å²) in [7, 11) is 1.98. The van der Waals surface area contributed by atoms with Crippen molar-refractivity contribution in [2.24, 2.45) is 0 Å². The highest BCUT2D eigenvalue weighted by atomic mass is 14.9. The fourth-order valence-electron chi connectivity index (χ4n) is 2.41. The number of nitrogens with one attached hydrogen (secondary N) is 1. The van der Waals surface area contributed by atoms with Crippen LogP contribution in [0.25, 0.3) is 10.9 Å². The van der Waals surface area contributed by atoms with Crippen molar-refractivity contribution < 1.29 is 0 Å². The molecule has 3 rings (SSSR count). The summed E-state index contributed by atoms with van der Waals surface area (Å²) in [4.78, 5) is 4.35. The molecular weight excluding hydrogens is 246 g/mol. The van der Waals surface area contributed by atoms with Crippen LogP contribution in [0.1, 0.15) is 24.1 Å². The lowest BCUT2D eigenvalue weighted by atomic mass is 10.1. The number of rotatable bonds is 4. The van der Waals surface area contributed by atoms with E-state index in [1.165, 1.54) is 16.5 Å². The van der Waals surface area contributed by atoms with Crippen LogP contribution in [0, 0.1) is 0 Å². The molecule has 20 heavy (non-hydrogen) atoms. The molecule has 1 atom stereocenters. The maximum absolute atomic E-state index is 4.35. The van der Waals surface area contributed by atoms with E-state index in [1.54, 1.807) is 0 Å². The van der Waals surface area contributed by atoms with E-state index in [1.807, 2.05) is 19.3 Å². The first-order chi connectivity index (χ1) is 9.76. The van der Waals surface area contributed by atoms with Crippen molar-refractivity contribution in [1.29, 1.82) is 0 Å². The van der Waals surface area contributed by atoms with Crippen molar-refractivity contribution in [3.63, 3.8) is 0 Å². The molecule has 0 spiro atoms. The van der Waals surface area contributed by atoms with Gasteiger partial charge in [-0.2, -0.15) is 0 Å². The molecule has 0 aliphatic rings. The average Bonchev–Trinajstić information content (AvgIpc) is 2.95. The average molecular weight is 265 g/mol. The Balaban J connectivity index is 1.83. The Morgan fingerprint density at radius 2 is 2.15 bits per heavy atom. The Hall–Kier alpha value is -2.13. The second kappa shape index (κ2) is 5.47. The lowest BCUT2D eigenvalue weighted by molar-refractivity contribution is 0.649. The van der Waals surface area contributed by atoms with Gasteiger partial charge in [-0.3, -0.25) is 4.98 Å². The number of nitrogens with zero attached hydrogens (tertiary/aromatic N) is 2. The van der Waals surface area contributed by atoms with Crippen molar-refractivity contribution in [1.82, 2.24) is 14.9 Å². The van der Waals surface area contributed by atoms with E-state index in [0.717, 1.165) is 12.1 Å². The van der Waals surface area contributed by atoms with Crippen molar-refractivity contribution in [2.75, 3.05) is 7.05 Å². The van der Waals surface area contributed by atoms with E-state index in [-0.39, 0.29) is 0 Å². The third-order valence-electron chi connectivity index (χ3n) is 3.74. The van der Waals surface area contributed by atoms with Crippen LogP contribution in [0.2, 0.25) is 0 Å². The Morgan fingerprint density at radius 1 is 1.25 bits per heavy atom. The number of hydrogen-bond acceptors (Lipinski definition) is 2. The van der Waals surface area contributed by atoms with Gasteiger partial charge in [-0.15, -0.1) is 0 Å². The van der Waals surface area contributed by atoms with Gasteiger partial charge >= 0.3 is 0 Å². The Labute approximate surface area is 119 Å². The highest BCUT2D eigenvalue weighted by molar-refractivity contribution is 5.78. The quantitative estimate of drug-likeness (QED) is 0.784. The summed E-state index contributed by atoms with van der Waals surface area (Å²) in [5, 5.41) is 4.46. The van der Waals surface area contributed by atoms with Crippen LogP contribution in [0.3, 0.4) is 0 Å². The molecule has 0 aliphatic heterocycles. The number of benzene rings is 1. The summed E-state index contributed by atoms with van der Waals surface area (Å²) in [5.41, 5.74) is 3.66. The van der Waals surface area contributed by atoms with Gasteiger partial charge in [0.2, 0.25) is 0 Å². The molecule has 0 saturated carbocycles. The van der Waals surface area contributed by atoms with Gasteiger partial charge in [0.15, 0.2) is 0 Å². The highest BCUT2D eigenvalue weighted by Gasteiger charge is 2.05. The third kappa shape index (κ3) is 2.58. The number of pyridine rings is 1. The molecule has 0 bridgehead atoms. The van der Waals surface area contributed by atoms with E-state index in [9.17, 15) is 0 Å². The van der Waals surface area contributed by atoms with E-state index >= 15 is 0 Å². The minimum absolute atomic E-state index is 0.386. The largest absolute Gasteiger partial charge is 0.350 e. The predicted octanol–water partition coefficient (Wildman–Crippen LogP) is 3.37. The van der Waals surface area contributed by atoms with Crippen molar-refractivity contribution in [2.45, 2.75) is 19.5 Å². The molecule has 1 unspecified atom stereocenters. The van der Waals surface area contributed by atoms with Crippen LogP contribution in [-0.2, 0) is 6.54 Å². The summed E-state index contributed by atoms with van der Waals surface area (Å²) in [6.45, 7) is 3.06.